The van der Waals surface area contributed by atoms with Gasteiger partial charge in [-0.2, -0.15) is 18.3 Å². The minimum atomic E-state index is -4.45. The molecular weight excluding hydrogens is 615 g/mol. The molecule has 40 heavy (non-hydrogen) atoms. The van der Waals surface area contributed by atoms with Gasteiger partial charge in [0.1, 0.15) is 12.4 Å². The lowest BCUT2D eigenvalue weighted by atomic mass is 10.2. The molecule has 4 rings (SSSR count). The third-order valence-electron chi connectivity index (χ3n) is 5.21. The van der Waals surface area contributed by atoms with Crippen molar-refractivity contribution in [3.63, 3.8) is 0 Å². The number of anilines is 2. The van der Waals surface area contributed by atoms with Gasteiger partial charge in [0.25, 0.3) is 5.69 Å². The molecule has 0 spiro atoms. The van der Waals surface area contributed by atoms with Gasteiger partial charge < -0.3 is 10.1 Å². The molecule has 0 unspecified atom stereocenters. The third-order valence-corrected chi connectivity index (χ3v) is 6.64. The third kappa shape index (κ3) is 8.10. The molecular formula is C26H19BrF3N5O4S. The second-order valence-electron chi connectivity index (χ2n) is 8.22. The Kier molecular flexibility index (Phi) is 9.11. The van der Waals surface area contributed by atoms with E-state index < -0.39 is 22.6 Å². The molecule has 9 nitrogen and oxygen atoms in total. The predicted octanol–water partition coefficient (Wildman–Crippen LogP) is 6.85. The van der Waals surface area contributed by atoms with E-state index in [4.69, 9.17) is 4.74 Å². The molecule has 0 bridgehead atoms. The number of non-ortho nitro benzene ring substituents is 1. The number of carbonyl (C=O) groups excluding carboxylic acids is 1. The van der Waals surface area contributed by atoms with Gasteiger partial charge >= 0.3 is 6.18 Å². The summed E-state index contributed by atoms with van der Waals surface area (Å²) in [5, 5.41) is 19.7. The van der Waals surface area contributed by atoms with Gasteiger partial charge in [0.15, 0.2) is 5.13 Å². The van der Waals surface area contributed by atoms with E-state index in [9.17, 15) is 28.1 Å². The Morgan fingerprint density at radius 2 is 1.95 bits per heavy atom. The van der Waals surface area contributed by atoms with E-state index >= 15 is 0 Å². The number of nitrogens with one attached hydrogen (secondary N) is 2. The first kappa shape index (κ1) is 28.7. The molecule has 1 aromatic heterocycles. The second kappa shape index (κ2) is 12.7. The molecule has 1 amide bonds. The normalized spacial score (nSPS) is 11.4. The van der Waals surface area contributed by atoms with E-state index in [1.54, 1.807) is 35.7 Å². The van der Waals surface area contributed by atoms with Crippen molar-refractivity contribution in [2.75, 3.05) is 5.32 Å². The fraction of sp³-hybridized carbons (Fsp3) is 0.115. The molecule has 0 atom stereocenters. The highest BCUT2D eigenvalue weighted by Crippen LogP contribution is 2.32. The van der Waals surface area contributed by atoms with Gasteiger partial charge in [-0.1, -0.05) is 18.2 Å². The van der Waals surface area contributed by atoms with Crippen molar-refractivity contribution in [1.29, 1.82) is 0 Å². The molecule has 0 saturated carbocycles. The topological polar surface area (TPSA) is 119 Å². The molecule has 2 N–H and O–H groups in total. The molecule has 0 saturated heterocycles. The Bertz CT molecular complexity index is 1560. The fourth-order valence-corrected chi connectivity index (χ4v) is 4.60. The number of thiazole rings is 1. The SMILES string of the molecule is O=C(Cc1csc(Nc2cccc(C(F)(F)F)c2)n1)N/N=C\c1ccc(OCc2cccc([N+](=O)[O-])c2)c(Br)c1. The van der Waals surface area contributed by atoms with Crippen molar-refractivity contribution in [2.45, 2.75) is 19.2 Å². The molecule has 0 aliphatic heterocycles. The van der Waals surface area contributed by atoms with Crippen molar-refractivity contribution >= 4 is 55.9 Å². The lowest BCUT2D eigenvalue weighted by Crippen LogP contribution is -2.19. The Morgan fingerprint density at radius 3 is 2.70 bits per heavy atom. The highest BCUT2D eigenvalue weighted by Gasteiger charge is 2.30. The van der Waals surface area contributed by atoms with Gasteiger partial charge in [-0.25, -0.2) is 10.4 Å². The van der Waals surface area contributed by atoms with Gasteiger partial charge in [-0.05, 0) is 63.5 Å². The number of hydrogen-bond acceptors (Lipinski definition) is 8. The molecule has 0 fully saturated rings. The van der Waals surface area contributed by atoms with E-state index in [2.05, 4.69) is 36.8 Å². The van der Waals surface area contributed by atoms with Crippen molar-refractivity contribution in [3.05, 3.63) is 109 Å². The van der Waals surface area contributed by atoms with Crippen molar-refractivity contribution in [3.8, 4) is 5.75 Å². The minimum absolute atomic E-state index is 0.0178. The number of aromatic nitrogens is 1. The standard InChI is InChI=1S/C26H19BrF3N5O4S/c27-22-10-16(7-8-23(22)39-14-17-3-1-6-21(9-17)35(37)38)13-31-34-24(36)12-20-15-40-25(33-20)32-19-5-2-4-18(11-19)26(28,29)30/h1-11,13,15H,12,14H2,(H,32,33)(H,34,36)/b31-13-. The summed E-state index contributed by atoms with van der Waals surface area (Å²) in [5.74, 6) is 0.0916. The average molecular weight is 634 g/mol. The molecule has 0 radical (unpaired) electrons. The van der Waals surface area contributed by atoms with Crippen LogP contribution in [0.15, 0.2) is 81.7 Å². The van der Waals surface area contributed by atoms with Crippen LogP contribution in [0.5, 0.6) is 5.75 Å². The summed E-state index contributed by atoms with van der Waals surface area (Å²) >= 11 is 4.57. The first-order chi connectivity index (χ1) is 19.1. The van der Waals surface area contributed by atoms with E-state index in [0.29, 0.717) is 32.2 Å². The van der Waals surface area contributed by atoms with Crippen molar-refractivity contribution in [1.82, 2.24) is 10.4 Å². The number of nitro groups is 1. The van der Waals surface area contributed by atoms with Crippen LogP contribution in [-0.2, 0) is 24.0 Å². The van der Waals surface area contributed by atoms with Crippen LogP contribution >= 0.6 is 27.3 Å². The summed E-state index contributed by atoms with van der Waals surface area (Å²) < 4.78 is 45.1. The number of hydrazone groups is 1. The van der Waals surface area contributed by atoms with Crippen molar-refractivity contribution < 1.29 is 27.6 Å². The van der Waals surface area contributed by atoms with Crippen LogP contribution in [0.25, 0.3) is 0 Å². The number of alkyl halides is 3. The van der Waals surface area contributed by atoms with E-state index in [0.717, 1.165) is 23.5 Å². The fourth-order valence-electron chi connectivity index (χ4n) is 3.36. The van der Waals surface area contributed by atoms with Crippen molar-refractivity contribution in [2.24, 2.45) is 5.10 Å². The highest BCUT2D eigenvalue weighted by atomic mass is 79.9. The number of nitro benzene ring substituents is 1. The predicted molar refractivity (Wildman–Crippen MR) is 148 cm³/mol. The molecule has 3 aromatic carbocycles. The summed E-state index contributed by atoms with van der Waals surface area (Å²) in [7, 11) is 0. The van der Waals surface area contributed by atoms with Crippen LogP contribution in [0.3, 0.4) is 0 Å². The molecule has 1 heterocycles. The van der Waals surface area contributed by atoms with Gasteiger partial charge in [0.05, 0.1) is 33.3 Å². The number of nitrogens with zero attached hydrogens (tertiary/aromatic N) is 3. The molecule has 0 aliphatic rings. The summed E-state index contributed by atoms with van der Waals surface area (Å²) in [6.07, 6.45) is -3.09. The number of carbonyl (C=O) groups is 1. The van der Waals surface area contributed by atoms with E-state index in [1.807, 2.05) is 0 Å². The summed E-state index contributed by atoms with van der Waals surface area (Å²) in [4.78, 5) is 26.9. The Balaban J connectivity index is 1.27. The quantitative estimate of drug-likeness (QED) is 0.112. The zero-order valence-electron chi connectivity index (χ0n) is 20.3. The lowest BCUT2D eigenvalue weighted by molar-refractivity contribution is -0.384. The number of halogens is 4. The smallest absolute Gasteiger partial charge is 0.416 e. The molecule has 206 valence electrons. The number of ether oxygens (including phenoxy) is 1. The number of amides is 1. The zero-order valence-corrected chi connectivity index (χ0v) is 22.7. The number of rotatable bonds is 10. The van der Waals surface area contributed by atoms with Crippen LogP contribution in [0.1, 0.15) is 22.4 Å². The zero-order chi connectivity index (χ0) is 28.7. The van der Waals surface area contributed by atoms with E-state index in [1.165, 1.54) is 30.5 Å². The highest BCUT2D eigenvalue weighted by molar-refractivity contribution is 9.10. The first-order valence-corrected chi connectivity index (χ1v) is 13.1. The van der Waals surface area contributed by atoms with Crippen LogP contribution in [-0.4, -0.2) is 22.0 Å². The van der Waals surface area contributed by atoms with Gasteiger partial charge in [-0.15, -0.1) is 11.3 Å². The maximum atomic E-state index is 12.9. The van der Waals surface area contributed by atoms with Gasteiger partial charge in [0, 0.05) is 23.2 Å². The average Bonchev–Trinajstić information content (AvgIpc) is 3.34. The maximum Gasteiger partial charge on any atom is 0.416 e. The largest absolute Gasteiger partial charge is 0.488 e. The molecule has 4 aromatic rings. The first-order valence-electron chi connectivity index (χ1n) is 11.4. The number of benzene rings is 3. The minimum Gasteiger partial charge on any atom is -0.488 e. The Labute approximate surface area is 238 Å². The molecule has 14 heteroatoms. The second-order valence-corrected chi connectivity index (χ2v) is 9.94. The Morgan fingerprint density at radius 1 is 1.15 bits per heavy atom. The summed E-state index contributed by atoms with van der Waals surface area (Å²) in [6.45, 7) is 0.136. The van der Waals surface area contributed by atoms with Crippen LogP contribution in [0.2, 0.25) is 0 Å². The maximum absolute atomic E-state index is 12.9. The van der Waals surface area contributed by atoms with Gasteiger partial charge in [-0.3, -0.25) is 14.9 Å². The monoisotopic (exact) mass is 633 g/mol. The Hall–Kier alpha value is -4.30. The number of hydrogen-bond donors (Lipinski definition) is 2. The van der Waals surface area contributed by atoms with Crippen LogP contribution in [0.4, 0.5) is 29.7 Å². The summed E-state index contributed by atoms with van der Waals surface area (Å²) in [5.41, 5.74) is 3.58. The van der Waals surface area contributed by atoms with E-state index in [-0.39, 0.29) is 24.4 Å². The van der Waals surface area contributed by atoms with Crippen LogP contribution in [0, 0.1) is 10.1 Å². The van der Waals surface area contributed by atoms with Gasteiger partial charge in [0.2, 0.25) is 5.91 Å². The van der Waals surface area contributed by atoms with Crippen LogP contribution < -0.4 is 15.5 Å². The lowest BCUT2D eigenvalue weighted by Gasteiger charge is -2.09. The molecule has 0 aliphatic carbocycles. The summed E-state index contributed by atoms with van der Waals surface area (Å²) in [6, 6.07) is 16.0.